The zero-order chi connectivity index (χ0) is 21.0. The molecule has 0 bridgehead atoms. The van der Waals surface area contributed by atoms with Crippen molar-refractivity contribution in [3.05, 3.63) is 75.0 Å². The van der Waals surface area contributed by atoms with Crippen LogP contribution in [0.4, 0.5) is 5.82 Å². The number of sulfonamides is 1. The van der Waals surface area contributed by atoms with Crippen molar-refractivity contribution in [3.63, 3.8) is 0 Å². The quantitative estimate of drug-likeness (QED) is 0.503. The van der Waals surface area contributed by atoms with Gasteiger partial charge in [-0.05, 0) is 17.7 Å². The number of aldehydes is 1. The number of hydrogen-bond acceptors (Lipinski definition) is 6. The summed E-state index contributed by atoms with van der Waals surface area (Å²) in [6.45, 7) is 0.0425. The third-order valence-corrected chi connectivity index (χ3v) is 6.13. The van der Waals surface area contributed by atoms with Crippen LogP contribution in [0, 0.1) is 0 Å². The van der Waals surface area contributed by atoms with Crippen molar-refractivity contribution in [2.24, 2.45) is 0 Å². The third-order valence-electron chi connectivity index (χ3n) is 3.64. The Morgan fingerprint density at radius 3 is 2.48 bits per heavy atom. The molecule has 1 N–H and O–H groups in total. The Hall–Kier alpha value is -2.39. The Labute approximate surface area is 181 Å². The van der Waals surface area contributed by atoms with E-state index in [-0.39, 0.29) is 38.4 Å². The maximum atomic E-state index is 12.7. The highest BCUT2D eigenvalue weighted by molar-refractivity contribution is 7.92. The fourth-order valence-electron chi connectivity index (χ4n) is 2.24. The van der Waals surface area contributed by atoms with Gasteiger partial charge in [0.25, 0.3) is 15.9 Å². The van der Waals surface area contributed by atoms with Gasteiger partial charge in [-0.3, -0.25) is 9.52 Å². The lowest BCUT2D eigenvalue weighted by Gasteiger charge is -2.13. The summed E-state index contributed by atoms with van der Waals surface area (Å²) in [6.07, 6.45) is 1.89. The lowest BCUT2D eigenvalue weighted by atomic mass is 10.2. The highest BCUT2D eigenvalue weighted by Gasteiger charge is 2.23. The van der Waals surface area contributed by atoms with E-state index in [4.69, 9.17) is 39.5 Å². The molecule has 150 valence electrons. The monoisotopic (exact) mass is 471 g/mol. The average Bonchev–Trinajstić information content (AvgIpc) is 2.70. The number of ether oxygens (including phenoxy) is 1. The van der Waals surface area contributed by atoms with Gasteiger partial charge in [0, 0.05) is 5.56 Å². The number of carbonyl (C=O) groups excluding carboxylic acids is 1. The molecule has 2 aromatic carbocycles. The second-order valence-corrected chi connectivity index (χ2v) is 8.48. The minimum absolute atomic E-state index is 0.0139. The summed E-state index contributed by atoms with van der Waals surface area (Å²) in [5, 5.41) is -0.0201. The normalized spacial score (nSPS) is 11.1. The van der Waals surface area contributed by atoms with E-state index in [1.807, 2.05) is 0 Å². The van der Waals surface area contributed by atoms with E-state index in [9.17, 15) is 13.2 Å². The standard InChI is InChI=1S/C18H12Cl3N3O4S/c19-13-2-1-3-14(16(13)21)29(26,27)24-17-18(23-15(20)8-22-17)28-10-12-6-4-11(9-25)5-7-12/h1-9H,10H2,(H,22,24). The summed E-state index contributed by atoms with van der Waals surface area (Å²) in [7, 11) is -4.12. The lowest BCUT2D eigenvalue weighted by molar-refractivity contribution is 0.112. The van der Waals surface area contributed by atoms with Gasteiger partial charge in [-0.2, -0.15) is 4.98 Å². The predicted octanol–water partition coefficient (Wildman–Crippen LogP) is 4.63. The second kappa shape index (κ2) is 8.96. The van der Waals surface area contributed by atoms with Gasteiger partial charge in [0.15, 0.2) is 5.15 Å². The van der Waals surface area contributed by atoms with Crippen LogP contribution in [-0.2, 0) is 16.6 Å². The van der Waals surface area contributed by atoms with E-state index < -0.39 is 10.0 Å². The summed E-state index contributed by atoms with van der Waals surface area (Å²) < 4.78 is 33.3. The van der Waals surface area contributed by atoms with Crippen LogP contribution in [0.1, 0.15) is 15.9 Å². The van der Waals surface area contributed by atoms with Crippen LogP contribution in [0.25, 0.3) is 0 Å². The van der Waals surface area contributed by atoms with Crippen LogP contribution in [0.15, 0.2) is 53.6 Å². The van der Waals surface area contributed by atoms with Crippen molar-refractivity contribution in [2.75, 3.05) is 4.72 Å². The number of anilines is 1. The Bertz CT molecular complexity index is 1160. The van der Waals surface area contributed by atoms with Crippen LogP contribution in [0.2, 0.25) is 15.2 Å². The van der Waals surface area contributed by atoms with Crippen molar-refractivity contribution in [1.82, 2.24) is 9.97 Å². The van der Waals surface area contributed by atoms with Gasteiger partial charge in [-0.1, -0.05) is 65.1 Å². The second-order valence-electron chi connectivity index (χ2n) is 5.65. The van der Waals surface area contributed by atoms with Crippen molar-refractivity contribution < 1.29 is 17.9 Å². The van der Waals surface area contributed by atoms with Crippen molar-refractivity contribution in [1.29, 1.82) is 0 Å². The molecule has 0 fully saturated rings. The summed E-state index contributed by atoms with van der Waals surface area (Å²) in [6, 6.07) is 10.9. The van der Waals surface area contributed by atoms with Crippen LogP contribution in [-0.4, -0.2) is 24.7 Å². The molecule has 1 aromatic heterocycles. The molecule has 0 aliphatic rings. The predicted molar refractivity (Wildman–Crippen MR) is 110 cm³/mol. The molecule has 1 heterocycles. The van der Waals surface area contributed by atoms with Crippen LogP contribution in [0.5, 0.6) is 5.88 Å². The van der Waals surface area contributed by atoms with Gasteiger partial charge in [0.05, 0.1) is 16.2 Å². The SMILES string of the molecule is O=Cc1ccc(COc2nc(Cl)cnc2NS(=O)(=O)c2cccc(Cl)c2Cl)cc1. The molecule has 0 spiro atoms. The number of rotatable bonds is 7. The van der Waals surface area contributed by atoms with Gasteiger partial charge < -0.3 is 4.74 Å². The van der Waals surface area contributed by atoms with Crippen LogP contribution in [0.3, 0.4) is 0 Å². The molecule has 0 radical (unpaired) electrons. The number of benzene rings is 2. The number of hydrogen-bond donors (Lipinski definition) is 1. The first-order chi connectivity index (χ1) is 13.8. The summed E-state index contributed by atoms with van der Waals surface area (Å²) >= 11 is 17.8. The van der Waals surface area contributed by atoms with Gasteiger partial charge in [-0.15, -0.1) is 0 Å². The molecule has 0 unspecified atom stereocenters. The molecular formula is C18H12Cl3N3O4S. The maximum Gasteiger partial charge on any atom is 0.264 e. The molecule has 0 aliphatic heterocycles. The summed E-state index contributed by atoms with van der Waals surface area (Å²) in [4.78, 5) is 18.4. The largest absolute Gasteiger partial charge is 0.470 e. The zero-order valence-electron chi connectivity index (χ0n) is 14.5. The molecule has 0 aliphatic carbocycles. The highest BCUT2D eigenvalue weighted by Crippen LogP contribution is 2.31. The zero-order valence-corrected chi connectivity index (χ0v) is 17.6. The average molecular weight is 473 g/mol. The molecule has 0 amide bonds. The Balaban J connectivity index is 1.86. The Kier molecular flexibility index (Phi) is 6.59. The Morgan fingerprint density at radius 2 is 1.79 bits per heavy atom. The van der Waals surface area contributed by atoms with Gasteiger partial charge >= 0.3 is 0 Å². The highest BCUT2D eigenvalue weighted by atomic mass is 35.5. The van der Waals surface area contributed by atoms with Crippen molar-refractivity contribution in [3.8, 4) is 5.88 Å². The molecule has 3 rings (SSSR count). The fourth-order valence-corrected chi connectivity index (χ4v) is 4.14. The molecule has 0 saturated carbocycles. The number of nitrogens with zero attached hydrogens (tertiary/aromatic N) is 2. The van der Waals surface area contributed by atoms with Crippen LogP contribution >= 0.6 is 34.8 Å². The fraction of sp³-hybridized carbons (Fsp3) is 0.0556. The first-order valence-electron chi connectivity index (χ1n) is 7.96. The maximum absolute atomic E-state index is 12.7. The van der Waals surface area contributed by atoms with Crippen LogP contribution < -0.4 is 9.46 Å². The van der Waals surface area contributed by atoms with Crippen molar-refractivity contribution >= 4 is 56.9 Å². The molecule has 29 heavy (non-hydrogen) atoms. The Morgan fingerprint density at radius 1 is 1.07 bits per heavy atom. The van der Waals surface area contributed by atoms with Gasteiger partial charge in [0.2, 0.25) is 5.82 Å². The van der Waals surface area contributed by atoms with E-state index >= 15 is 0 Å². The minimum atomic E-state index is -4.12. The first kappa shape index (κ1) is 21.3. The molecular weight excluding hydrogens is 461 g/mol. The van der Waals surface area contributed by atoms with Gasteiger partial charge in [-0.25, -0.2) is 13.4 Å². The lowest BCUT2D eigenvalue weighted by Crippen LogP contribution is -2.16. The smallest absolute Gasteiger partial charge is 0.264 e. The molecule has 3 aromatic rings. The summed E-state index contributed by atoms with van der Waals surface area (Å²) in [5.41, 5.74) is 1.24. The molecule has 7 nitrogen and oxygen atoms in total. The van der Waals surface area contributed by atoms with E-state index in [2.05, 4.69) is 14.7 Å². The van der Waals surface area contributed by atoms with Gasteiger partial charge in [0.1, 0.15) is 17.8 Å². The number of nitrogens with one attached hydrogen (secondary N) is 1. The van der Waals surface area contributed by atoms with E-state index in [0.29, 0.717) is 5.56 Å². The van der Waals surface area contributed by atoms with E-state index in [1.165, 1.54) is 24.4 Å². The number of aromatic nitrogens is 2. The van der Waals surface area contributed by atoms with Crippen molar-refractivity contribution in [2.45, 2.75) is 11.5 Å². The topological polar surface area (TPSA) is 98.2 Å². The summed E-state index contributed by atoms with van der Waals surface area (Å²) in [5.74, 6) is -0.298. The molecule has 0 atom stereocenters. The number of carbonyl (C=O) groups is 1. The third kappa shape index (κ3) is 5.16. The minimum Gasteiger partial charge on any atom is -0.470 e. The van der Waals surface area contributed by atoms with E-state index in [0.717, 1.165) is 11.8 Å². The van der Waals surface area contributed by atoms with E-state index in [1.54, 1.807) is 24.3 Å². The molecule has 11 heteroatoms. The molecule has 0 saturated heterocycles. The first-order valence-corrected chi connectivity index (χ1v) is 10.6. The number of halogens is 3.